The lowest BCUT2D eigenvalue weighted by atomic mass is 10.2. The van der Waals surface area contributed by atoms with Crippen LogP contribution in [0.2, 0.25) is 5.15 Å². The van der Waals surface area contributed by atoms with E-state index in [1.54, 1.807) is 0 Å². The molecular formula is C12H9ClFN3O2. The number of carbonyl (C=O) groups excluding carboxylic acids is 1. The van der Waals surface area contributed by atoms with Gasteiger partial charge in [0.15, 0.2) is 22.4 Å². The minimum atomic E-state index is -0.508. The molecule has 98 valence electrons. The van der Waals surface area contributed by atoms with Crippen molar-refractivity contribution in [3.63, 3.8) is 0 Å². The van der Waals surface area contributed by atoms with Gasteiger partial charge in [-0.2, -0.15) is 0 Å². The van der Waals surface area contributed by atoms with Gasteiger partial charge in [-0.25, -0.2) is 4.39 Å². The van der Waals surface area contributed by atoms with Crippen LogP contribution in [0.15, 0.2) is 30.3 Å². The van der Waals surface area contributed by atoms with E-state index in [-0.39, 0.29) is 16.6 Å². The molecule has 0 spiro atoms. The van der Waals surface area contributed by atoms with Gasteiger partial charge in [0.05, 0.1) is 7.11 Å². The number of ether oxygens (including phenoxy) is 1. The third kappa shape index (κ3) is 3.17. The standard InChI is InChI=1S/C12H9ClFN3O2/c1-19-10-6-7(2-3-8(10)14)15-12(18)9-4-5-11(13)17-16-9/h2-6H,1H3,(H,15,18). The zero-order valence-electron chi connectivity index (χ0n) is 9.85. The van der Waals surface area contributed by atoms with Crippen molar-refractivity contribution < 1.29 is 13.9 Å². The summed E-state index contributed by atoms with van der Waals surface area (Å²) >= 11 is 5.57. The molecule has 0 aliphatic carbocycles. The summed E-state index contributed by atoms with van der Waals surface area (Å²) in [5.41, 5.74) is 0.493. The molecule has 0 aliphatic rings. The van der Waals surface area contributed by atoms with E-state index in [1.807, 2.05) is 0 Å². The van der Waals surface area contributed by atoms with E-state index >= 15 is 0 Å². The molecule has 0 saturated carbocycles. The summed E-state index contributed by atoms with van der Waals surface area (Å²) in [6, 6.07) is 6.87. The highest BCUT2D eigenvalue weighted by Crippen LogP contribution is 2.21. The molecule has 0 bridgehead atoms. The van der Waals surface area contributed by atoms with Gasteiger partial charge < -0.3 is 10.1 Å². The molecule has 0 saturated heterocycles. The zero-order chi connectivity index (χ0) is 13.8. The molecule has 2 rings (SSSR count). The highest BCUT2D eigenvalue weighted by Gasteiger charge is 2.10. The van der Waals surface area contributed by atoms with Gasteiger partial charge in [0.2, 0.25) is 0 Å². The molecule has 1 aromatic heterocycles. The minimum Gasteiger partial charge on any atom is -0.494 e. The number of hydrogen-bond acceptors (Lipinski definition) is 4. The number of carbonyl (C=O) groups is 1. The number of nitrogens with one attached hydrogen (secondary N) is 1. The molecule has 0 aliphatic heterocycles. The Morgan fingerprint density at radius 3 is 2.74 bits per heavy atom. The van der Waals surface area contributed by atoms with Crippen LogP contribution in [0.3, 0.4) is 0 Å². The monoisotopic (exact) mass is 281 g/mol. The number of benzene rings is 1. The van der Waals surface area contributed by atoms with E-state index in [2.05, 4.69) is 15.5 Å². The maximum absolute atomic E-state index is 13.2. The van der Waals surface area contributed by atoms with E-state index in [9.17, 15) is 9.18 Å². The van der Waals surface area contributed by atoms with Crippen molar-refractivity contribution in [3.8, 4) is 5.75 Å². The summed E-state index contributed by atoms with van der Waals surface area (Å²) in [6.07, 6.45) is 0. The van der Waals surface area contributed by atoms with Gasteiger partial charge >= 0.3 is 0 Å². The predicted molar refractivity (Wildman–Crippen MR) is 67.9 cm³/mol. The Labute approximate surface area is 113 Å². The lowest BCUT2D eigenvalue weighted by Gasteiger charge is -2.07. The molecule has 0 radical (unpaired) electrons. The number of halogens is 2. The average Bonchev–Trinajstić information content (AvgIpc) is 2.41. The van der Waals surface area contributed by atoms with E-state index < -0.39 is 11.7 Å². The zero-order valence-corrected chi connectivity index (χ0v) is 10.6. The van der Waals surface area contributed by atoms with Crippen LogP contribution in [0.1, 0.15) is 10.5 Å². The van der Waals surface area contributed by atoms with Crippen LogP contribution < -0.4 is 10.1 Å². The fraction of sp³-hybridized carbons (Fsp3) is 0.0833. The maximum Gasteiger partial charge on any atom is 0.276 e. The largest absolute Gasteiger partial charge is 0.494 e. The van der Waals surface area contributed by atoms with Crippen molar-refractivity contribution in [2.45, 2.75) is 0 Å². The average molecular weight is 282 g/mol. The SMILES string of the molecule is COc1cc(NC(=O)c2ccc(Cl)nn2)ccc1F. The Kier molecular flexibility index (Phi) is 3.91. The van der Waals surface area contributed by atoms with Crippen LogP contribution in [0.4, 0.5) is 10.1 Å². The Balaban J connectivity index is 2.17. The van der Waals surface area contributed by atoms with E-state index in [0.29, 0.717) is 5.69 Å². The topological polar surface area (TPSA) is 64.1 Å². The van der Waals surface area contributed by atoms with Crippen LogP contribution in [0.25, 0.3) is 0 Å². The van der Waals surface area contributed by atoms with Crippen molar-refractivity contribution in [3.05, 3.63) is 47.0 Å². The van der Waals surface area contributed by atoms with E-state index in [1.165, 1.54) is 37.4 Å². The van der Waals surface area contributed by atoms with Crippen LogP contribution in [0.5, 0.6) is 5.75 Å². The van der Waals surface area contributed by atoms with Crippen molar-refractivity contribution in [1.82, 2.24) is 10.2 Å². The molecule has 0 fully saturated rings. The van der Waals surface area contributed by atoms with Gasteiger partial charge in [-0.1, -0.05) is 11.6 Å². The molecule has 7 heteroatoms. The fourth-order valence-corrected chi connectivity index (χ4v) is 1.47. The molecule has 0 unspecified atom stereocenters. The van der Waals surface area contributed by atoms with Crippen LogP contribution >= 0.6 is 11.6 Å². The molecule has 2 aromatic rings. The van der Waals surface area contributed by atoms with E-state index in [0.717, 1.165) is 0 Å². The minimum absolute atomic E-state index is 0.0417. The number of aromatic nitrogens is 2. The van der Waals surface area contributed by atoms with Gasteiger partial charge in [0, 0.05) is 11.8 Å². The molecule has 19 heavy (non-hydrogen) atoms. The lowest BCUT2D eigenvalue weighted by molar-refractivity contribution is 0.102. The molecular weight excluding hydrogens is 273 g/mol. The van der Waals surface area contributed by atoms with Gasteiger partial charge in [0.25, 0.3) is 5.91 Å². The predicted octanol–water partition coefficient (Wildman–Crippen LogP) is 2.53. The first kappa shape index (κ1) is 13.2. The van der Waals surface area contributed by atoms with Gasteiger partial charge in [0.1, 0.15) is 0 Å². The summed E-state index contributed by atoms with van der Waals surface area (Å²) in [6.45, 7) is 0. The molecule has 0 atom stereocenters. The maximum atomic E-state index is 13.2. The van der Waals surface area contributed by atoms with Crippen molar-refractivity contribution in [1.29, 1.82) is 0 Å². The van der Waals surface area contributed by atoms with Crippen molar-refractivity contribution in [2.75, 3.05) is 12.4 Å². The Bertz CT molecular complexity index is 604. The molecule has 1 amide bonds. The fourth-order valence-electron chi connectivity index (χ4n) is 1.37. The van der Waals surface area contributed by atoms with Gasteiger partial charge in [-0.15, -0.1) is 10.2 Å². The number of nitrogens with zero attached hydrogens (tertiary/aromatic N) is 2. The smallest absolute Gasteiger partial charge is 0.276 e. The first-order valence-electron chi connectivity index (χ1n) is 5.24. The summed E-state index contributed by atoms with van der Waals surface area (Å²) in [4.78, 5) is 11.8. The highest BCUT2D eigenvalue weighted by molar-refractivity contribution is 6.29. The molecule has 5 nitrogen and oxygen atoms in total. The van der Waals surface area contributed by atoms with Gasteiger partial charge in [-0.05, 0) is 24.3 Å². The second-order valence-electron chi connectivity index (χ2n) is 3.54. The number of hydrogen-bond donors (Lipinski definition) is 1. The third-order valence-corrected chi connectivity index (χ3v) is 2.48. The Morgan fingerprint density at radius 2 is 2.11 bits per heavy atom. The summed E-state index contributed by atoms with van der Waals surface area (Å²) in [5, 5.41) is 9.94. The number of rotatable bonds is 3. The number of methoxy groups -OCH3 is 1. The number of anilines is 1. The second-order valence-corrected chi connectivity index (χ2v) is 3.93. The summed E-state index contributed by atoms with van der Waals surface area (Å²) < 4.78 is 18.0. The van der Waals surface area contributed by atoms with Crippen LogP contribution in [0, 0.1) is 5.82 Å². The van der Waals surface area contributed by atoms with Crippen molar-refractivity contribution in [2.24, 2.45) is 0 Å². The van der Waals surface area contributed by atoms with Gasteiger partial charge in [-0.3, -0.25) is 4.79 Å². The quantitative estimate of drug-likeness (QED) is 0.939. The summed E-state index contributed by atoms with van der Waals surface area (Å²) in [5.74, 6) is -0.940. The number of amides is 1. The van der Waals surface area contributed by atoms with Crippen molar-refractivity contribution >= 4 is 23.2 Å². The normalized spacial score (nSPS) is 10.1. The molecule has 1 aromatic carbocycles. The molecule has 1 N–H and O–H groups in total. The second kappa shape index (κ2) is 5.62. The first-order chi connectivity index (χ1) is 9.10. The molecule has 1 heterocycles. The van der Waals surface area contributed by atoms with Crippen LogP contribution in [-0.4, -0.2) is 23.2 Å². The summed E-state index contributed by atoms with van der Waals surface area (Å²) in [7, 11) is 1.34. The third-order valence-electron chi connectivity index (χ3n) is 2.27. The van der Waals surface area contributed by atoms with Crippen LogP contribution in [-0.2, 0) is 0 Å². The first-order valence-corrected chi connectivity index (χ1v) is 5.62. The Hall–Kier alpha value is -2.21. The van der Waals surface area contributed by atoms with E-state index in [4.69, 9.17) is 16.3 Å². The lowest BCUT2D eigenvalue weighted by Crippen LogP contribution is -2.14. The Morgan fingerprint density at radius 1 is 1.32 bits per heavy atom. The highest BCUT2D eigenvalue weighted by atomic mass is 35.5.